The highest BCUT2D eigenvalue weighted by Crippen LogP contribution is 2.04. The van der Waals surface area contributed by atoms with Crippen LogP contribution in [0.5, 0.6) is 0 Å². The molecule has 0 spiro atoms. The van der Waals surface area contributed by atoms with Crippen LogP contribution in [0.1, 0.15) is 24.0 Å². The summed E-state index contributed by atoms with van der Waals surface area (Å²) in [6.07, 6.45) is 9.82. The molecule has 0 aromatic carbocycles. The molecule has 0 fully saturated rings. The van der Waals surface area contributed by atoms with Gasteiger partial charge < -0.3 is 0 Å². The maximum atomic E-state index is 4.29. The molecule has 0 bridgehead atoms. The van der Waals surface area contributed by atoms with Gasteiger partial charge in [-0.2, -0.15) is 0 Å². The minimum atomic E-state index is 0.767. The monoisotopic (exact) mass is 243 g/mol. The summed E-state index contributed by atoms with van der Waals surface area (Å²) >= 11 is 0. The van der Waals surface area contributed by atoms with E-state index in [0.29, 0.717) is 0 Å². The van der Waals surface area contributed by atoms with Gasteiger partial charge in [0.1, 0.15) is 5.82 Å². The fourth-order valence-electron chi connectivity index (χ4n) is 1.70. The Bertz CT molecular complexity index is 469. The molecule has 0 aliphatic carbocycles. The first-order chi connectivity index (χ1) is 8.78. The van der Waals surface area contributed by atoms with E-state index in [1.54, 1.807) is 18.6 Å². The standard InChI is InChI=1S/C13H17N5/c1-3-13-16-6-11(7-17-13)9-18(2)10-12-8-14-4-5-15-12/h4-8H,3,9-10H2,1-2H3. The van der Waals surface area contributed by atoms with Crippen molar-refractivity contribution >= 4 is 0 Å². The third-order valence-corrected chi connectivity index (χ3v) is 2.58. The van der Waals surface area contributed by atoms with Crippen LogP contribution in [0.25, 0.3) is 0 Å². The number of aryl methyl sites for hydroxylation is 1. The van der Waals surface area contributed by atoms with E-state index in [2.05, 4.69) is 31.8 Å². The van der Waals surface area contributed by atoms with Crippen molar-refractivity contribution in [3.63, 3.8) is 0 Å². The molecule has 0 atom stereocenters. The van der Waals surface area contributed by atoms with E-state index < -0.39 is 0 Å². The highest BCUT2D eigenvalue weighted by Gasteiger charge is 2.03. The third kappa shape index (κ3) is 3.56. The summed E-state index contributed by atoms with van der Waals surface area (Å²) in [4.78, 5) is 19.0. The first kappa shape index (κ1) is 12.6. The van der Waals surface area contributed by atoms with Crippen LogP contribution < -0.4 is 0 Å². The molecule has 2 heterocycles. The lowest BCUT2D eigenvalue weighted by molar-refractivity contribution is 0.313. The fourth-order valence-corrected chi connectivity index (χ4v) is 1.70. The Labute approximate surface area is 107 Å². The molecule has 0 unspecified atom stereocenters. The summed E-state index contributed by atoms with van der Waals surface area (Å²) in [6.45, 7) is 3.62. The van der Waals surface area contributed by atoms with Gasteiger partial charge in [-0.1, -0.05) is 6.92 Å². The predicted octanol–water partition coefficient (Wildman–Crippen LogP) is 1.46. The van der Waals surface area contributed by atoms with Crippen molar-refractivity contribution < 1.29 is 0 Å². The zero-order valence-electron chi connectivity index (χ0n) is 10.7. The van der Waals surface area contributed by atoms with Gasteiger partial charge in [0.2, 0.25) is 0 Å². The Hall–Kier alpha value is -1.88. The first-order valence-electron chi connectivity index (χ1n) is 6.01. The van der Waals surface area contributed by atoms with Crippen molar-refractivity contribution in [3.8, 4) is 0 Å². The molecule has 2 rings (SSSR count). The number of nitrogens with zero attached hydrogens (tertiary/aromatic N) is 5. The molecule has 5 heteroatoms. The Balaban J connectivity index is 1.92. The molecule has 0 radical (unpaired) electrons. The summed E-state index contributed by atoms with van der Waals surface area (Å²) < 4.78 is 0. The van der Waals surface area contributed by atoms with E-state index in [4.69, 9.17) is 0 Å². The van der Waals surface area contributed by atoms with Crippen molar-refractivity contribution in [1.82, 2.24) is 24.8 Å². The molecule has 0 saturated carbocycles. The maximum Gasteiger partial charge on any atom is 0.127 e. The van der Waals surface area contributed by atoms with Crippen molar-refractivity contribution in [3.05, 3.63) is 48.1 Å². The molecule has 0 saturated heterocycles. The normalized spacial score (nSPS) is 10.8. The molecule has 0 aliphatic rings. The summed E-state index contributed by atoms with van der Waals surface area (Å²) in [7, 11) is 2.04. The number of aromatic nitrogens is 4. The van der Waals surface area contributed by atoms with Crippen LogP contribution in [0.3, 0.4) is 0 Å². The molecule has 18 heavy (non-hydrogen) atoms. The predicted molar refractivity (Wildman–Crippen MR) is 68.6 cm³/mol. The van der Waals surface area contributed by atoms with Crippen molar-refractivity contribution in [2.24, 2.45) is 0 Å². The van der Waals surface area contributed by atoms with Crippen LogP contribution in [0.4, 0.5) is 0 Å². The van der Waals surface area contributed by atoms with Gasteiger partial charge in [0.05, 0.1) is 5.69 Å². The minimum Gasteiger partial charge on any atom is -0.296 e. The quantitative estimate of drug-likeness (QED) is 0.795. The smallest absolute Gasteiger partial charge is 0.127 e. The zero-order chi connectivity index (χ0) is 12.8. The highest BCUT2D eigenvalue weighted by atomic mass is 15.1. The van der Waals surface area contributed by atoms with Crippen molar-refractivity contribution in [2.45, 2.75) is 26.4 Å². The zero-order valence-corrected chi connectivity index (χ0v) is 10.7. The van der Waals surface area contributed by atoms with E-state index in [1.165, 1.54) is 0 Å². The van der Waals surface area contributed by atoms with Crippen molar-refractivity contribution in [1.29, 1.82) is 0 Å². The van der Waals surface area contributed by atoms with Crippen LogP contribution in [0, 0.1) is 0 Å². The van der Waals surface area contributed by atoms with E-state index in [9.17, 15) is 0 Å². The minimum absolute atomic E-state index is 0.767. The van der Waals surface area contributed by atoms with E-state index in [0.717, 1.165) is 36.6 Å². The molecule has 0 amide bonds. The van der Waals surface area contributed by atoms with Gasteiger partial charge in [0.25, 0.3) is 0 Å². The van der Waals surface area contributed by atoms with Gasteiger partial charge in [0, 0.05) is 56.1 Å². The van der Waals surface area contributed by atoms with Crippen LogP contribution in [0.2, 0.25) is 0 Å². The third-order valence-electron chi connectivity index (χ3n) is 2.58. The number of rotatable bonds is 5. The number of hydrogen-bond acceptors (Lipinski definition) is 5. The average Bonchev–Trinajstić information content (AvgIpc) is 2.40. The van der Waals surface area contributed by atoms with Gasteiger partial charge >= 0.3 is 0 Å². The lowest BCUT2D eigenvalue weighted by Crippen LogP contribution is -2.18. The second-order valence-electron chi connectivity index (χ2n) is 4.23. The topological polar surface area (TPSA) is 54.8 Å². The largest absolute Gasteiger partial charge is 0.296 e. The lowest BCUT2D eigenvalue weighted by atomic mass is 10.3. The maximum absolute atomic E-state index is 4.29. The van der Waals surface area contributed by atoms with E-state index in [-0.39, 0.29) is 0 Å². The summed E-state index contributed by atoms with van der Waals surface area (Å²) in [5, 5.41) is 0. The van der Waals surface area contributed by atoms with Crippen molar-refractivity contribution in [2.75, 3.05) is 7.05 Å². The van der Waals surface area contributed by atoms with Crippen LogP contribution in [-0.2, 0) is 19.5 Å². The highest BCUT2D eigenvalue weighted by molar-refractivity contribution is 5.05. The molecule has 0 aliphatic heterocycles. The summed E-state index contributed by atoms with van der Waals surface area (Å²) in [6, 6.07) is 0. The first-order valence-corrected chi connectivity index (χ1v) is 6.01. The van der Waals surface area contributed by atoms with Gasteiger partial charge in [-0.3, -0.25) is 14.9 Å². The molecule has 5 nitrogen and oxygen atoms in total. The van der Waals surface area contributed by atoms with E-state index >= 15 is 0 Å². The Morgan fingerprint density at radius 1 is 1.00 bits per heavy atom. The molecule has 0 N–H and O–H groups in total. The SMILES string of the molecule is CCc1ncc(CN(C)Cc2cnccn2)cn1. The lowest BCUT2D eigenvalue weighted by Gasteiger charge is -2.15. The van der Waals surface area contributed by atoms with Gasteiger partial charge in [-0.15, -0.1) is 0 Å². The Morgan fingerprint density at radius 2 is 1.78 bits per heavy atom. The Morgan fingerprint density at radius 3 is 2.39 bits per heavy atom. The molecule has 2 aromatic heterocycles. The van der Waals surface area contributed by atoms with Gasteiger partial charge in [0.15, 0.2) is 0 Å². The molecule has 2 aromatic rings. The van der Waals surface area contributed by atoms with Crippen LogP contribution >= 0.6 is 0 Å². The van der Waals surface area contributed by atoms with E-state index in [1.807, 2.05) is 19.4 Å². The van der Waals surface area contributed by atoms with Crippen LogP contribution in [-0.4, -0.2) is 31.9 Å². The van der Waals surface area contributed by atoms with Gasteiger partial charge in [-0.05, 0) is 7.05 Å². The van der Waals surface area contributed by atoms with Gasteiger partial charge in [-0.25, -0.2) is 9.97 Å². The number of hydrogen-bond donors (Lipinski definition) is 0. The molecular formula is C13H17N5. The summed E-state index contributed by atoms with van der Waals surface area (Å²) in [5.41, 5.74) is 2.07. The second-order valence-corrected chi connectivity index (χ2v) is 4.23. The Kier molecular flexibility index (Phi) is 4.30. The summed E-state index contributed by atoms with van der Waals surface area (Å²) in [5.74, 6) is 0.885. The average molecular weight is 243 g/mol. The second kappa shape index (κ2) is 6.16. The van der Waals surface area contributed by atoms with Crippen LogP contribution in [0.15, 0.2) is 31.0 Å². The fraction of sp³-hybridized carbons (Fsp3) is 0.385. The molecule has 94 valence electrons. The molecular weight excluding hydrogens is 226 g/mol.